The van der Waals surface area contributed by atoms with Crippen LogP contribution in [0.1, 0.15) is 41.8 Å². The van der Waals surface area contributed by atoms with E-state index in [0.717, 1.165) is 63.4 Å². The van der Waals surface area contributed by atoms with Crippen molar-refractivity contribution < 1.29 is 9.32 Å². The number of amides is 1. The monoisotopic (exact) mass is 353 g/mol. The highest BCUT2D eigenvalue weighted by Gasteiger charge is 2.52. The second kappa shape index (κ2) is 6.88. The molecule has 1 aromatic carbocycles. The van der Waals surface area contributed by atoms with Crippen LogP contribution in [0.4, 0.5) is 0 Å². The van der Waals surface area contributed by atoms with Gasteiger partial charge in [0.25, 0.3) is 0 Å². The van der Waals surface area contributed by atoms with Crippen LogP contribution >= 0.6 is 0 Å². The van der Waals surface area contributed by atoms with E-state index < -0.39 is 0 Å². The number of carbonyl (C=O) groups is 1. The van der Waals surface area contributed by atoms with Gasteiger partial charge in [-0.05, 0) is 38.7 Å². The number of carbonyl (C=O) groups excluding carboxylic acids is 1. The number of aromatic nitrogens is 1. The Morgan fingerprint density at radius 1 is 1.12 bits per heavy atom. The van der Waals surface area contributed by atoms with Gasteiger partial charge >= 0.3 is 0 Å². The summed E-state index contributed by atoms with van der Waals surface area (Å²) >= 11 is 0. The van der Waals surface area contributed by atoms with E-state index in [1.807, 2.05) is 32.0 Å². The standard InChI is InChI=1S/C21H27N3O2/c1-16-19(17(2)26-22-16)15-23-11-6-12-24(14-13-23)20(25)21(9-10-21)18-7-4-3-5-8-18/h3-5,7-8H,6,9-15H2,1-2H3. The Kier molecular flexibility index (Phi) is 4.57. The number of aryl methyl sites for hydroxylation is 2. The zero-order chi connectivity index (χ0) is 18.1. The van der Waals surface area contributed by atoms with E-state index in [-0.39, 0.29) is 5.41 Å². The quantitative estimate of drug-likeness (QED) is 0.848. The van der Waals surface area contributed by atoms with Crippen LogP contribution in [0.25, 0.3) is 0 Å². The number of hydrogen-bond donors (Lipinski definition) is 0. The molecule has 0 N–H and O–H groups in total. The average molecular weight is 353 g/mol. The molecule has 0 unspecified atom stereocenters. The van der Waals surface area contributed by atoms with Crippen LogP contribution in [-0.4, -0.2) is 47.0 Å². The first kappa shape index (κ1) is 17.3. The normalized spacial score (nSPS) is 20.0. The van der Waals surface area contributed by atoms with Gasteiger partial charge in [-0.25, -0.2) is 0 Å². The van der Waals surface area contributed by atoms with Gasteiger partial charge in [-0.3, -0.25) is 9.69 Å². The number of nitrogens with zero attached hydrogens (tertiary/aromatic N) is 3. The smallest absolute Gasteiger partial charge is 0.233 e. The molecule has 1 amide bonds. The van der Waals surface area contributed by atoms with E-state index in [1.165, 1.54) is 11.1 Å². The first-order chi connectivity index (χ1) is 12.6. The number of rotatable bonds is 4. The molecule has 0 bridgehead atoms. The molecule has 2 fully saturated rings. The molecule has 5 heteroatoms. The molecule has 2 heterocycles. The lowest BCUT2D eigenvalue weighted by atomic mass is 9.94. The molecule has 2 aliphatic rings. The summed E-state index contributed by atoms with van der Waals surface area (Å²) in [6.07, 6.45) is 2.98. The van der Waals surface area contributed by atoms with Gasteiger partial charge in [0.15, 0.2) is 0 Å². The first-order valence-corrected chi connectivity index (χ1v) is 9.59. The molecule has 26 heavy (non-hydrogen) atoms. The minimum Gasteiger partial charge on any atom is -0.361 e. The summed E-state index contributed by atoms with van der Waals surface area (Å²) in [7, 11) is 0. The summed E-state index contributed by atoms with van der Waals surface area (Å²) in [4.78, 5) is 17.8. The van der Waals surface area contributed by atoms with Gasteiger partial charge < -0.3 is 9.42 Å². The average Bonchev–Trinajstić information content (AvgIpc) is 3.44. The Morgan fingerprint density at radius 2 is 1.88 bits per heavy atom. The zero-order valence-electron chi connectivity index (χ0n) is 15.7. The van der Waals surface area contributed by atoms with E-state index in [2.05, 4.69) is 27.1 Å². The summed E-state index contributed by atoms with van der Waals surface area (Å²) in [6, 6.07) is 10.3. The van der Waals surface area contributed by atoms with Crippen LogP contribution in [0.5, 0.6) is 0 Å². The fraction of sp³-hybridized carbons (Fsp3) is 0.524. The van der Waals surface area contributed by atoms with Crippen molar-refractivity contribution in [3.63, 3.8) is 0 Å². The summed E-state index contributed by atoms with van der Waals surface area (Å²) < 4.78 is 5.29. The number of hydrogen-bond acceptors (Lipinski definition) is 4. The molecule has 2 aromatic rings. The SMILES string of the molecule is Cc1noc(C)c1CN1CCCN(C(=O)C2(c3ccccc3)CC2)CC1. The van der Waals surface area contributed by atoms with Gasteiger partial charge in [0.1, 0.15) is 5.76 Å². The molecule has 1 aliphatic heterocycles. The molecule has 0 spiro atoms. The summed E-state index contributed by atoms with van der Waals surface area (Å²) in [5.41, 5.74) is 3.09. The van der Waals surface area contributed by atoms with Gasteiger partial charge in [0.2, 0.25) is 5.91 Å². The van der Waals surface area contributed by atoms with Crippen molar-refractivity contribution in [2.45, 2.75) is 45.1 Å². The van der Waals surface area contributed by atoms with Gasteiger partial charge in [0.05, 0.1) is 11.1 Å². The van der Waals surface area contributed by atoms with Crippen LogP contribution in [0.15, 0.2) is 34.9 Å². The predicted molar refractivity (Wildman–Crippen MR) is 99.8 cm³/mol. The zero-order valence-corrected chi connectivity index (χ0v) is 15.7. The second-order valence-corrected chi connectivity index (χ2v) is 7.67. The molecule has 138 valence electrons. The van der Waals surface area contributed by atoms with Crippen LogP contribution in [0.2, 0.25) is 0 Å². The first-order valence-electron chi connectivity index (χ1n) is 9.59. The van der Waals surface area contributed by atoms with Crippen LogP contribution < -0.4 is 0 Å². The Morgan fingerprint density at radius 3 is 2.54 bits per heavy atom. The van der Waals surface area contributed by atoms with Crippen molar-refractivity contribution in [1.82, 2.24) is 15.0 Å². The molecular formula is C21H27N3O2. The maximum Gasteiger partial charge on any atom is 0.233 e. The van der Waals surface area contributed by atoms with E-state index >= 15 is 0 Å². The Balaban J connectivity index is 1.42. The van der Waals surface area contributed by atoms with E-state index in [9.17, 15) is 4.79 Å². The highest BCUT2D eigenvalue weighted by molar-refractivity contribution is 5.91. The minimum atomic E-state index is -0.252. The van der Waals surface area contributed by atoms with Crippen molar-refractivity contribution >= 4 is 5.91 Å². The molecule has 1 saturated carbocycles. The Bertz CT molecular complexity index is 760. The molecular weight excluding hydrogens is 326 g/mol. The maximum atomic E-state index is 13.2. The molecule has 4 rings (SSSR count). The molecule has 1 aliphatic carbocycles. The fourth-order valence-corrected chi connectivity index (χ4v) is 4.09. The lowest BCUT2D eigenvalue weighted by Gasteiger charge is -2.26. The van der Waals surface area contributed by atoms with Crippen molar-refractivity contribution in [2.75, 3.05) is 26.2 Å². The van der Waals surface area contributed by atoms with E-state index in [1.54, 1.807) is 0 Å². The van der Waals surface area contributed by atoms with Crippen molar-refractivity contribution in [1.29, 1.82) is 0 Å². The van der Waals surface area contributed by atoms with Crippen molar-refractivity contribution in [2.24, 2.45) is 0 Å². The summed E-state index contributed by atoms with van der Waals surface area (Å²) in [5.74, 6) is 1.23. The third-order valence-corrected chi connectivity index (χ3v) is 5.92. The topological polar surface area (TPSA) is 49.6 Å². The van der Waals surface area contributed by atoms with Crippen LogP contribution in [-0.2, 0) is 16.8 Å². The fourth-order valence-electron chi connectivity index (χ4n) is 4.09. The third-order valence-electron chi connectivity index (χ3n) is 5.92. The van der Waals surface area contributed by atoms with E-state index in [0.29, 0.717) is 5.91 Å². The molecule has 1 saturated heterocycles. The van der Waals surface area contributed by atoms with Gasteiger partial charge in [-0.2, -0.15) is 0 Å². The van der Waals surface area contributed by atoms with Gasteiger partial charge in [-0.1, -0.05) is 35.5 Å². The predicted octanol–water partition coefficient (Wildman–Crippen LogP) is 3.06. The van der Waals surface area contributed by atoms with Gasteiger partial charge in [-0.15, -0.1) is 0 Å². The minimum absolute atomic E-state index is 0.252. The van der Waals surface area contributed by atoms with Crippen LogP contribution in [0, 0.1) is 13.8 Å². The van der Waals surface area contributed by atoms with Crippen molar-refractivity contribution in [3.05, 3.63) is 52.9 Å². The molecule has 0 atom stereocenters. The van der Waals surface area contributed by atoms with E-state index in [4.69, 9.17) is 4.52 Å². The van der Waals surface area contributed by atoms with Crippen molar-refractivity contribution in [3.8, 4) is 0 Å². The summed E-state index contributed by atoms with van der Waals surface area (Å²) in [5, 5.41) is 4.06. The van der Waals surface area contributed by atoms with Crippen LogP contribution in [0.3, 0.4) is 0 Å². The summed E-state index contributed by atoms with van der Waals surface area (Å²) in [6.45, 7) is 8.39. The largest absolute Gasteiger partial charge is 0.361 e. The Labute approximate surface area is 155 Å². The molecule has 0 radical (unpaired) electrons. The lowest BCUT2D eigenvalue weighted by molar-refractivity contribution is -0.133. The highest BCUT2D eigenvalue weighted by Crippen LogP contribution is 2.49. The Hall–Kier alpha value is -2.14. The third kappa shape index (κ3) is 3.16. The molecule has 5 nitrogen and oxygen atoms in total. The second-order valence-electron chi connectivity index (χ2n) is 7.67. The molecule has 1 aromatic heterocycles. The number of benzene rings is 1. The van der Waals surface area contributed by atoms with Gasteiger partial charge in [0, 0.05) is 38.3 Å². The highest BCUT2D eigenvalue weighted by atomic mass is 16.5. The maximum absolute atomic E-state index is 13.2. The lowest BCUT2D eigenvalue weighted by Crippen LogP contribution is -2.41.